The maximum Gasteiger partial charge on any atom is 0.159 e. The number of hydrogen-bond donors (Lipinski definition) is 1. The van der Waals surface area contributed by atoms with Gasteiger partial charge in [0.1, 0.15) is 11.3 Å². The summed E-state index contributed by atoms with van der Waals surface area (Å²) in [6.45, 7) is 3.72. The van der Waals surface area contributed by atoms with Gasteiger partial charge >= 0.3 is 0 Å². The van der Waals surface area contributed by atoms with Crippen molar-refractivity contribution in [2.75, 3.05) is 6.54 Å². The molecular weight excluding hydrogens is 188 g/mol. The van der Waals surface area contributed by atoms with Gasteiger partial charge in [-0.1, -0.05) is 0 Å². The van der Waals surface area contributed by atoms with Crippen molar-refractivity contribution >= 4 is 11.2 Å². The maximum absolute atomic E-state index is 5.48. The Hall–Kier alpha value is -1.42. The molecule has 2 N–H and O–H groups in total. The van der Waals surface area contributed by atoms with E-state index in [1.165, 1.54) is 0 Å². The van der Waals surface area contributed by atoms with Crippen LogP contribution in [0.15, 0.2) is 18.3 Å². The normalized spacial score (nSPS) is 11.1. The summed E-state index contributed by atoms with van der Waals surface area (Å²) in [5.41, 5.74) is 7.43. The van der Waals surface area contributed by atoms with Gasteiger partial charge in [-0.25, -0.2) is 9.97 Å². The molecule has 0 fully saturated rings. The lowest BCUT2D eigenvalue weighted by Gasteiger charge is -2.04. The molecule has 4 nitrogen and oxygen atoms in total. The Kier molecular flexibility index (Phi) is 2.97. The minimum Gasteiger partial charge on any atom is -0.330 e. The number of aromatic nitrogens is 3. The number of fused-ring (bicyclic) bond motifs is 1. The second-order valence-corrected chi connectivity index (χ2v) is 3.65. The molecule has 0 spiro atoms. The van der Waals surface area contributed by atoms with E-state index >= 15 is 0 Å². The van der Waals surface area contributed by atoms with Crippen molar-refractivity contribution in [1.82, 2.24) is 14.5 Å². The molecule has 0 atom stereocenters. The van der Waals surface area contributed by atoms with Crippen molar-refractivity contribution in [1.29, 1.82) is 0 Å². The standard InChI is InChI=1S/C11H16N4/c1-9-14-10-5-4-7-13-11(10)15(9)8-3-2-6-12/h4-5,7H,2-3,6,8,12H2,1H3. The Morgan fingerprint density at radius 1 is 1.40 bits per heavy atom. The molecule has 0 bridgehead atoms. The molecule has 0 aliphatic rings. The molecule has 0 saturated carbocycles. The van der Waals surface area contributed by atoms with Gasteiger partial charge in [0.05, 0.1) is 0 Å². The molecule has 0 aliphatic carbocycles. The lowest BCUT2D eigenvalue weighted by molar-refractivity contribution is 0.611. The summed E-state index contributed by atoms with van der Waals surface area (Å²) in [6.07, 6.45) is 3.94. The fourth-order valence-electron chi connectivity index (χ4n) is 1.75. The highest BCUT2D eigenvalue weighted by Crippen LogP contribution is 2.13. The summed E-state index contributed by atoms with van der Waals surface area (Å²) in [4.78, 5) is 8.81. The van der Waals surface area contributed by atoms with Crippen LogP contribution in [-0.2, 0) is 6.54 Å². The van der Waals surface area contributed by atoms with Crippen LogP contribution in [0.25, 0.3) is 11.2 Å². The number of imidazole rings is 1. The zero-order valence-corrected chi connectivity index (χ0v) is 8.98. The Balaban J connectivity index is 2.28. The highest BCUT2D eigenvalue weighted by molar-refractivity contribution is 5.70. The molecule has 0 unspecified atom stereocenters. The number of rotatable bonds is 4. The van der Waals surface area contributed by atoms with E-state index in [4.69, 9.17) is 5.73 Å². The minimum absolute atomic E-state index is 0.749. The van der Waals surface area contributed by atoms with Crippen LogP contribution in [0, 0.1) is 6.92 Å². The van der Waals surface area contributed by atoms with Crippen LogP contribution < -0.4 is 5.73 Å². The zero-order chi connectivity index (χ0) is 10.7. The van der Waals surface area contributed by atoms with Gasteiger partial charge in [0.2, 0.25) is 0 Å². The lowest BCUT2D eigenvalue weighted by atomic mass is 10.3. The smallest absolute Gasteiger partial charge is 0.159 e. The fraction of sp³-hybridized carbons (Fsp3) is 0.455. The molecule has 0 amide bonds. The summed E-state index contributed by atoms with van der Waals surface area (Å²) < 4.78 is 2.16. The Morgan fingerprint density at radius 2 is 2.27 bits per heavy atom. The Labute approximate surface area is 89.1 Å². The van der Waals surface area contributed by atoms with E-state index in [9.17, 15) is 0 Å². The quantitative estimate of drug-likeness (QED) is 0.767. The minimum atomic E-state index is 0.749. The van der Waals surface area contributed by atoms with Crippen molar-refractivity contribution in [3.8, 4) is 0 Å². The van der Waals surface area contributed by atoms with Crippen molar-refractivity contribution in [2.45, 2.75) is 26.3 Å². The van der Waals surface area contributed by atoms with Crippen LogP contribution in [-0.4, -0.2) is 21.1 Å². The van der Waals surface area contributed by atoms with Crippen LogP contribution in [0.2, 0.25) is 0 Å². The molecule has 2 aromatic heterocycles. The highest BCUT2D eigenvalue weighted by atomic mass is 15.1. The number of nitrogens with two attached hydrogens (primary N) is 1. The van der Waals surface area contributed by atoms with Crippen LogP contribution in [0.3, 0.4) is 0 Å². The average Bonchev–Trinajstić information content (AvgIpc) is 2.56. The molecule has 2 aromatic rings. The molecule has 0 aromatic carbocycles. The van der Waals surface area contributed by atoms with Crippen molar-refractivity contribution < 1.29 is 0 Å². The third-order valence-corrected chi connectivity index (χ3v) is 2.53. The number of unbranched alkanes of at least 4 members (excludes halogenated alkanes) is 1. The molecule has 15 heavy (non-hydrogen) atoms. The first-order valence-corrected chi connectivity index (χ1v) is 5.31. The van der Waals surface area contributed by atoms with Crippen LogP contribution in [0.4, 0.5) is 0 Å². The first-order valence-electron chi connectivity index (χ1n) is 5.31. The topological polar surface area (TPSA) is 56.7 Å². The SMILES string of the molecule is Cc1nc2cccnc2n1CCCCN. The Morgan fingerprint density at radius 3 is 3.07 bits per heavy atom. The van der Waals surface area contributed by atoms with Crippen LogP contribution >= 0.6 is 0 Å². The molecule has 4 heteroatoms. The highest BCUT2D eigenvalue weighted by Gasteiger charge is 2.06. The second kappa shape index (κ2) is 4.40. The van der Waals surface area contributed by atoms with Gasteiger partial charge in [-0.15, -0.1) is 0 Å². The third-order valence-electron chi connectivity index (χ3n) is 2.53. The first-order chi connectivity index (χ1) is 7.33. The van der Waals surface area contributed by atoms with E-state index in [2.05, 4.69) is 14.5 Å². The van der Waals surface area contributed by atoms with Crippen molar-refractivity contribution in [3.63, 3.8) is 0 Å². The third kappa shape index (κ3) is 1.99. The predicted molar refractivity (Wildman–Crippen MR) is 60.6 cm³/mol. The number of pyridine rings is 1. The number of nitrogens with zero attached hydrogens (tertiary/aromatic N) is 3. The molecule has 2 heterocycles. The van der Waals surface area contributed by atoms with E-state index in [0.29, 0.717) is 0 Å². The molecule has 80 valence electrons. The van der Waals surface area contributed by atoms with E-state index in [1.807, 2.05) is 25.3 Å². The van der Waals surface area contributed by atoms with Gasteiger partial charge in [0.15, 0.2) is 5.65 Å². The van der Waals surface area contributed by atoms with Gasteiger partial charge in [0.25, 0.3) is 0 Å². The largest absolute Gasteiger partial charge is 0.330 e. The van der Waals surface area contributed by atoms with Gasteiger partial charge in [-0.2, -0.15) is 0 Å². The molecule has 0 aliphatic heterocycles. The molecule has 0 radical (unpaired) electrons. The summed E-state index contributed by atoms with van der Waals surface area (Å²) in [5.74, 6) is 1.03. The monoisotopic (exact) mass is 204 g/mol. The second-order valence-electron chi connectivity index (χ2n) is 3.65. The first kappa shape index (κ1) is 10.1. The predicted octanol–water partition coefficient (Wildman–Crippen LogP) is 1.48. The van der Waals surface area contributed by atoms with Crippen LogP contribution in [0.5, 0.6) is 0 Å². The van der Waals surface area contributed by atoms with E-state index in [-0.39, 0.29) is 0 Å². The summed E-state index contributed by atoms with van der Waals surface area (Å²) in [6, 6.07) is 3.91. The van der Waals surface area contributed by atoms with Crippen LogP contribution in [0.1, 0.15) is 18.7 Å². The Bertz CT molecular complexity index is 447. The molecule has 0 saturated heterocycles. The molecule has 2 rings (SSSR count). The van der Waals surface area contributed by atoms with Gasteiger partial charge in [0, 0.05) is 12.7 Å². The zero-order valence-electron chi connectivity index (χ0n) is 8.98. The van der Waals surface area contributed by atoms with E-state index < -0.39 is 0 Å². The average molecular weight is 204 g/mol. The number of aryl methyl sites for hydroxylation is 2. The van der Waals surface area contributed by atoms with E-state index in [1.54, 1.807) is 0 Å². The fourth-order valence-corrected chi connectivity index (χ4v) is 1.75. The summed E-state index contributed by atoms with van der Waals surface area (Å²) in [5, 5.41) is 0. The molecular formula is C11H16N4. The lowest BCUT2D eigenvalue weighted by Crippen LogP contribution is -2.05. The van der Waals surface area contributed by atoms with Crippen molar-refractivity contribution in [3.05, 3.63) is 24.2 Å². The van der Waals surface area contributed by atoms with E-state index in [0.717, 1.165) is 42.9 Å². The number of hydrogen-bond acceptors (Lipinski definition) is 3. The summed E-state index contributed by atoms with van der Waals surface area (Å²) in [7, 11) is 0. The summed E-state index contributed by atoms with van der Waals surface area (Å²) >= 11 is 0. The van der Waals surface area contributed by atoms with Gasteiger partial charge in [-0.05, 0) is 38.4 Å². The maximum atomic E-state index is 5.48. The van der Waals surface area contributed by atoms with Gasteiger partial charge in [-0.3, -0.25) is 0 Å². The van der Waals surface area contributed by atoms with Crippen molar-refractivity contribution in [2.24, 2.45) is 5.73 Å². The van der Waals surface area contributed by atoms with Gasteiger partial charge < -0.3 is 10.3 Å².